The first-order chi connectivity index (χ1) is 12.2. The number of nitrogens with one attached hydrogen (secondary N) is 2. The van der Waals surface area contributed by atoms with Gasteiger partial charge in [0.15, 0.2) is 0 Å². The number of rotatable bonds is 6. The summed E-state index contributed by atoms with van der Waals surface area (Å²) in [5.74, 6) is -0.178. The Morgan fingerprint density at radius 3 is 2.80 bits per heavy atom. The normalized spacial score (nSPS) is 14.9. The second-order valence-electron chi connectivity index (χ2n) is 5.78. The van der Waals surface area contributed by atoms with Crippen molar-refractivity contribution in [1.29, 1.82) is 0 Å². The fourth-order valence-corrected chi connectivity index (χ4v) is 2.80. The average molecular weight is 361 g/mol. The molecule has 1 fully saturated rings. The molecule has 1 aromatic heterocycles. The minimum absolute atomic E-state index is 0.178. The van der Waals surface area contributed by atoms with Gasteiger partial charge in [-0.2, -0.15) is 0 Å². The van der Waals surface area contributed by atoms with E-state index >= 15 is 0 Å². The summed E-state index contributed by atoms with van der Waals surface area (Å²) in [7, 11) is 0. The molecule has 1 amide bonds. The van der Waals surface area contributed by atoms with Gasteiger partial charge in [0.2, 0.25) is 0 Å². The monoisotopic (exact) mass is 360 g/mol. The van der Waals surface area contributed by atoms with Crippen LogP contribution in [0.3, 0.4) is 0 Å². The highest BCUT2D eigenvalue weighted by Gasteiger charge is 2.12. The van der Waals surface area contributed by atoms with Crippen LogP contribution in [0.15, 0.2) is 42.6 Å². The third-order valence-corrected chi connectivity index (χ3v) is 4.16. The van der Waals surface area contributed by atoms with E-state index in [-0.39, 0.29) is 5.91 Å². The number of morpholine rings is 1. The molecule has 6 nitrogen and oxygen atoms in total. The molecule has 2 N–H and O–H groups in total. The molecule has 0 atom stereocenters. The molecular weight excluding hydrogens is 340 g/mol. The largest absolute Gasteiger partial charge is 0.379 e. The Bertz CT molecular complexity index is 720. The summed E-state index contributed by atoms with van der Waals surface area (Å²) in [6.45, 7) is 4.74. The van der Waals surface area contributed by atoms with Gasteiger partial charge < -0.3 is 15.4 Å². The number of ether oxygens (including phenoxy) is 1. The van der Waals surface area contributed by atoms with E-state index in [4.69, 9.17) is 16.3 Å². The number of anilines is 2. The van der Waals surface area contributed by atoms with Crippen LogP contribution >= 0.6 is 11.6 Å². The Kier molecular flexibility index (Phi) is 6.22. The van der Waals surface area contributed by atoms with Crippen LogP contribution in [0.2, 0.25) is 5.02 Å². The number of carbonyl (C=O) groups excluding carboxylic acids is 1. The molecule has 1 aliphatic rings. The van der Waals surface area contributed by atoms with Crippen LogP contribution in [0, 0.1) is 0 Å². The number of nitrogens with zero attached hydrogens (tertiary/aromatic N) is 2. The lowest BCUT2D eigenvalue weighted by Crippen LogP contribution is -2.41. The smallest absolute Gasteiger partial charge is 0.269 e. The highest BCUT2D eigenvalue weighted by Crippen LogP contribution is 2.20. The number of aromatic nitrogens is 1. The van der Waals surface area contributed by atoms with E-state index in [1.807, 2.05) is 30.3 Å². The van der Waals surface area contributed by atoms with Crippen molar-refractivity contribution in [2.75, 3.05) is 44.7 Å². The van der Waals surface area contributed by atoms with Gasteiger partial charge in [-0.1, -0.05) is 17.7 Å². The fourth-order valence-electron chi connectivity index (χ4n) is 2.61. The van der Waals surface area contributed by atoms with Gasteiger partial charge in [-0.15, -0.1) is 0 Å². The summed E-state index contributed by atoms with van der Waals surface area (Å²) in [6, 6.07) is 11.0. The van der Waals surface area contributed by atoms with E-state index in [1.165, 1.54) is 0 Å². The van der Waals surface area contributed by atoms with Crippen molar-refractivity contribution >= 4 is 28.9 Å². The van der Waals surface area contributed by atoms with Gasteiger partial charge in [0.1, 0.15) is 5.69 Å². The van der Waals surface area contributed by atoms with Gasteiger partial charge in [-0.25, -0.2) is 0 Å². The zero-order valence-electron chi connectivity index (χ0n) is 13.9. The van der Waals surface area contributed by atoms with Crippen molar-refractivity contribution in [2.45, 2.75) is 0 Å². The summed E-state index contributed by atoms with van der Waals surface area (Å²) in [5.41, 5.74) is 2.03. The van der Waals surface area contributed by atoms with Crippen molar-refractivity contribution in [3.8, 4) is 0 Å². The Labute approximate surface area is 152 Å². The molecule has 1 saturated heterocycles. The van der Waals surface area contributed by atoms with Crippen molar-refractivity contribution in [3.63, 3.8) is 0 Å². The van der Waals surface area contributed by atoms with Crippen molar-refractivity contribution in [3.05, 3.63) is 53.3 Å². The standard InChI is InChI=1S/C18H21ClN4O2/c19-14-2-1-3-15(12-14)22-16-4-5-20-17(13-16)18(24)21-6-7-23-8-10-25-11-9-23/h1-5,12-13H,6-11H2,(H,20,22)(H,21,24). The molecule has 0 radical (unpaired) electrons. The van der Waals surface area contributed by atoms with Gasteiger partial charge in [-0.3, -0.25) is 14.7 Å². The SMILES string of the molecule is O=C(NCCN1CCOCC1)c1cc(Nc2cccc(Cl)c2)ccn1. The molecule has 0 unspecified atom stereocenters. The molecule has 2 heterocycles. The predicted molar refractivity (Wildman–Crippen MR) is 98.6 cm³/mol. The van der Waals surface area contributed by atoms with Crippen LogP contribution in [0.25, 0.3) is 0 Å². The van der Waals surface area contributed by atoms with Crippen LogP contribution in [-0.4, -0.2) is 55.2 Å². The van der Waals surface area contributed by atoms with E-state index in [1.54, 1.807) is 12.3 Å². The minimum atomic E-state index is -0.178. The maximum absolute atomic E-state index is 12.3. The Hall–Kier alpha value is -2.15. The summed E-state index contributed by atoms with van der Waals surface area (Å²) < 4.78 is 5.31. The summed E-state index contributed by atoms with van der Waals surface area (Å²) in [4.78, 5) is 18.7. The maximum Gasteiger partial charge on any atom is 0.269 e. The zero-order valence-corrected chi connectivity index (χ0v) is 14.6. The molecule has 1 aromatic carbocycles. The lowest BCUT2D eigenvalue weighted by Gasteiger charge is -2.26. The Balaban J connectivity index is 1.54. The van der Waals surface area contributed by atoms with Crippen molar-refractivity contribution in [2.24, 2.45) is 0 Å². The van der Waals surface area contributed by atoms with Gasteiger partial charge in [0.05, 0.1) is 13.2 Å². The molecule has 0 saturated carbocycles. The number of carbonyl (C=O) groups is 1. The molecule has 0 bridgehead atoms. The molecule has 2 aromatic rings. The molecule has 7 heteroatoms. The Morgan fingerprint density at radius 2 is 2.00 bits per heavy atom. The molecule has 3 rings (SSSR count). The van der Waals surface area contributed by atoms with Gasteiger partial charge in [0.25, 0.3) is 5.91 Å². The molecule has 25 heavy (non-hydrogen) atoms. The molecular formula is C18H21ClN4O2. The number of amides is 1. The number of benzene rings is 1. The highest BCUT2D eigenvalue weighted by molar-refractivity contribution is 6.30. The Morgan fingerprint density at radius 1 is 1.20 bits per heavy atom. The first kappa shape index (κ1) is 17.7. The van der Waals surface area contributed by atoms with E-state index in [0.29, 0.717) is 17.3 Å². The zero-order chi connectivity index (χ0) is 17.5. The number of hydrogen-bond acceptors (Lipinski definition) is 5. The van der Waals surface area contributed by atoms with Crippen molar-refractivity contribution < 1.29 is 9.53 Å². The summed E-state index contributed by atoms with van der Waals surface area (Å²) in [5, 5.41) is 6.79. The topological polar surface area (TPSA) is 66.5 Å². The average Bonchev–Trinajstić information content (AvgIpc) is 2.63. The maximum atomic E-state index is 12.3. The van der Waals surface area contributed by atoms with Crippen LogP contribution in [0.4, 0.5) is 11.4 Å². The van der Waals surface area contributed by atoms with Gasteiger partial charge >= 0.3 is 0 Å². The van der Waals surface area contributed by atoms with E-state index in [2.05, 4.69) is 20.5 Å². The van der Waals surface area contributed by atoms with Gasteiger partial charge in [-0.05, 0) is 30.3 Å². The fraction of sp³-hybridized carbons (Fsp3) is 0.333. The second kappa shape index (κ2) is 8.80. The lowest BCUT2D eigenvalue weighted by molar-refractivity contribution is 0.0383. The van der Waals surface area contributed by atoms with Crippen LogP contribution in [-0.2, 0) is 4.74 Å². The lowest BCUT2D eigenvalue weighted by atomic mass is 10.2. The minimum Gasteiger partial charge on any atom is -0.379 e. The molecule has 132 valence electrons. The van der Waals surface area contributed by atoms with E-state index < -0.39 is 0 Å². The molecule has 0 spiro atoms. The van der Waals surface area contributed by atoms with Crippen LogP contribution < -0.4 is 10.6 Å². The van der Waals surface area contributed by atoms with E-state index in [0.717, 1.165) is 44.2 Å². The van der Waals surface area contributed by atoms with Crippen molar-refractivity contribution in [1.82, 2.24) is 15.2 Å². The first-order valence-electron chi connectivity index (χ1n) is 8.28. The number of hydrogen-bond donors (Lipinski definition) is 2. The predicted octanol–water partition coefficient (Wildman–Crippen LogP) is 2.54. The summed E-state index contributed by atoms with van der Waals surface area (Å²) in [6.07, 6.45) is 1.61. The molecule has 0 aliphatic carbocycles. The van der Waals surface area contributed by atoms with Crippen LogP contribution in [0.1, 0.15) is 10.5 Å². The van der Waals surface area contributed by atoms with Gasteiger partial charge in [0, 0.05) is 48.8 Å². The van der Waals surface area contributed by atoms with E-state index in [9.17, 15) is 4.79 Å². The second-order valence-corrected chi connectivity index (χ2v) is 6.21. The highest BCUT2D eigenvalue weighted by atomic mass is 35.5. The quantitative estimate of drug-likeness (QED) is 0.828. The third kappa shape index (κ3) is 5.42. The number of halogens is 1. The third-order valence-electron chi connectivity index (χ3n) is 3.92. The first-order valence-corrected chi connectivity index (χ1v) is 8.65. The summed E-state index contributed by atoms with van der Waals surface area (Å²) >= 11 is 5.99. The number of pyridine rings is 1. The van der Waals surface area contributed by atoms with Crippen LogP contribution in [0.5, 0.6) is 0 Å². The molecule has 1 aliphatic heterocycles.